The molecule has 3 aromatic rings. The highest BCUT2D eigenvalue weighted by Gasteiger charge is 2.70. The van der Waals surface area contributed by atoms with Gasteiger partial charge in [-0.2, -0.15) is 0 Å². The van der Waals surface area contributed by atoms with Crippen molar-refractivity contribution >= 4 is 46.6 Å². The molecule has 2 aliphatic heterocycles. The molecule has 2 aromatic carbocycles. The number of amides is 2. The Morgan fingerprint density at radius 1 is 1.13 bits per heavy atom. The number of aliphatic carboxylic acids is 1. The number of nitro groups is 1. The van der Waals surface area contributed by atoms with E-state index in [0.717, 1.165) is 32.2 Å². The summed E-state index contributed by atoms with van der Waals surface area (Å²) in [6, 6.07) is 11.1. The van der Waals surface area contributed by atoms with Gasteiger partial charge in [0.1, 0.15) is 18.4 Å². The van der Waals surface area contributed by atoms with Gasteiger partial charge in [0.25, 0.3) is 5.69 Å². The van der Waals surface area contributed by atoms with Gasteiger partial charge >= 0.3 is 10.8 Å². The second-order valence-corrected chi connectivity index (χ2v) is 15.4. The highest BCUT2D eigenvalue weighted by molar-refractivity contribution is 8.00. The molecule has 240 valence electrons. The summed E-state index contributed by atoms with van der Waals surface area (Å²) in [5, 5.41) is 22.6. The Morgan fingerprint density at radius 2 is 1.85 bits per heavy atom. The van der Waals surface area contributed by atoms with Crippen molar-refractivity contribution in [3.05, 3.63) is 83.8 Å². The molecule has 46 heavy (non-hydrogen) atoms. The van der Waals surface area contributed by atoms with Crippen LogP contribution >= 0.6 is 23.1 Å². The first kappa shape index (κ1) is 30.7. The molecule has 13 heteroatoms. The molecule has 2 aliphatic carbocycles. The molecule has 8 atom stereocenters. The summed E-state index contributed by atoms with van der Waals surface area (Å²) >= 11 is 2.55. The number of imide groups is 1. The summed E-state index contributed by atoms with van der Waals surface area (Å²) in [6.45, 7) is 5.93. The molecule has 4 aliphatic rings. The van der Waals surface area contributed by atoms with Crippen molar-refractivity contribution in [2.75, 3.05) is 0 Å². The fourth-order valence-corrected chi connectivity index (χ4v) is 11.3. The van der Waals surface area contributed by atoms with Crippen LogP contribution in [-0.2, 0) is 21.0 Å². The van der Waals surface area contributed by atoms with Crippen molar-refractivity contribution in [2.24, 2.45) is 35.5 Å². The van der Waals surface area contributed by atoms with Gasteiger partial charge in [-0.25, -0.2) is 4.79 Å². The van der Waals surface area contributed by atoms with E-state index in [1.807, 2.05) is 45.0 Å². The van der Waals surface area contributed by atoms with Crippen LogP contribution in [0.2, 0.25) is 0 Å². The van der Waals surface area contributed by atoms with Crippen LogP contribution in [0.3, 0.4) is 0 Å². The molecule has 1 saturated heterocycles. The lowest BCUT2D eigenvalue weighted by Gasteiger charge is -2.43. The minimum Gasteiger partial charge on any atom is -0.489 e. The fourth-order valence-electron chi connectivity index (χ4n) is 8.41. The third kappa shape index (κ3) is 4.77. The van der Waals surface area contributed by atoms with Gasteiger partial charge in [0.05, 0.1) is 21.8 Å². The molecule has 11 nitrogen and oxygen atoms in total. The highest BCUT2D eigenvalue weighted by atomic mass is 32.2. The van der Waals surface area contributed by atoms with Crippen molar-refractivity contribution in [2.45, 2.75) is 62.5 Å². The third-order valence-corrected chi connectivity index (χ3v) is 12.8. The Morgan fingerprint density at radius 3 is 2.52 bits per heavy atom. The molecular weight excluding hydrogens is 631 g/mol. The maximum Gasteiger partial charge on any atom is 0.326 e. The molecule has 0 spiro atoms. The zero-order valence-electron chi connectivity index (χ0n) is 25.4. The predicted molar refractivity (Wildman–Crippen MR) is 170 cm³/mol. The smallest absolute Gasteiger partial charge is 0.326 e. The first-order valence-corrected chi connectivity index (χ1v) is 17.1. The van der Waals surface area contributed by atoms with E-state index in [9.17, 15) is 34.4 Å². The van der Waals surface area contributed by atoms with Gasteiger partial charge in [-0.15, -0.1) is 11.8 Å². The van der Waals surface area contributed by atoms with Crippen LogP contribution in [0, 0.1) is 52.5 Å². The van der Waals surface area contributed by atoms with Crippen molar-refractivity contribution in [3.63, 3.8) is 0 Å². The average molecular weight is 664 g/mol. The molecule has 3 heterocycles. The van der Waals surface area contributed by atoms with Gasteiger partial charge in [-0.3, -0.25) is 29.4 Å². The topological polar surface area (TPSA) is 160 Å². The number of aromatic amines is 1. The van der Waals surface area contributed by atoms with Crippen LogP contribution in [0.1, 0.15) is 54.2 Å². The fraction of sp³-hybridized carbons (Fsp3) is 0.455. The highest BCUT2D eigenvalue weighted by Crippen LogP contribution is 2.69. The van der Waals surface area contributed by atoms with Crippen LogP contribution < -0.4 is 9.61 Å². The molecule has 2 saturated carbocycles. The summed E-state index contributed by atoms with van der Waals surface area (Å²) in [4.78, 5) is 69.0. The number of hydrogen-bond acceptors (Lipinski definition) is 9. The largest absolute Gasteiger partial charge is 0.489 e. The number of carbonyl (C=O) groups is 3. The van der Waals surface area contributed by atoms with Gasteiger partial charge < -0.3 is 14.8 Å². The van der Waals surface area contributed by atoms with E-state index in [0.29, 0.717) is 22.8 Å². The molecular formula is C33H33N3O8S2. The minimum absolute atomic E-state index is 0.0406. The van der Waals surface area contributed by atoms with Gasteiger partial charge in [0.15, 0.2) is 0 Å². The maximum absolute atomic E-state index is 14.1. The number of likely N-dealkylation sites (tertiary alicyclic amines) is 1. The Kier molecular flexibility index (Phi) is 7.58. The van der Waals surface area contributed by atoms with Gasteiger partial charge in [0, 0.05) is 33.7 Å². The molecule has 7 unspecified atom stereocenters. The van der Waals surface area contributed by atoms with Gasteiger partial charge in [-0.1, -0.05) is 49.4 Å². The van der Waals surface area contributed by atoms with Gasteiger partial charge in [-0.05, 0) is 60.6 Å². The Hall–Kier alpha value is -3.97. The Labute approximate surface area is 272 Å². The number of benzene rings is 2. The first-order chi connectivity index (χ1) is 22.0. The van der Waals surface area contributed by atoms with Crippen LogP contribution in [0.4, 0.5) is 5.69 Å². The summed E-state index contributed by atoms with van der Waals surface area (Å²) in [5.74, 6) is -4.18. The molecule has 2 bridgehead atoms. The number of thiazole rings is 1. The van der Waals surface area contributed by atoms with Crippen LogP contribution in [0.25, 0.3) is 0 Å². The number of rotatable bonds is 9. The predicted octanol–water partition coefficient (Wildman–Crippen LogP) is 5.20. The maximum atomic E-state index is 14.1. The average Bonchev–Trinajstić information content (AvgIpc) is 3.74. The number of thioether (sulfide) groups is 1. The zero-order valence-corrected chi connectivity index (χ0v) is 27.0. The number of fused-ring (bicyclic) bond motifs is 9. The number of ether oxygens (including phenoxy) is 1. The summed E-state index contributed by atoms with van der Waals surface area (Å²) in [5.41, 5.74) is 2.45. The van der Waals surface area contributed by atoms with E-state index in [1.54, 1.807) is 6.07 Å². The number of non-ortho nitro benzene ring substituents is 1. The lowest BCUT2D eigenvalue weighted by atomic mass is 9.68. The normalized spacial score (nSPS) is 28.3. The number of H-pyrrole nitrogens is 1. The van der Waals surface area contributed by atoms with E-state index in [1.165, 1.54) is 23.9 Å². The van der Waals surface area contributed by atoms with Crippen LogP contribution in [0.5, 0.6) is 5.75 Å². The van der Waals surface area contributed by atoms with Crippen LogP contribution in [-0.4, -0.2) is 49.0 Å². The lowest BCUT2D eigenvalue weighted by Crippen LogP contribution is -2.47. The molecule has 2 amide bonds. The van der Waals surface area contributed by atoms with Crippen LogP contribution in [0.15, 0.2) is 52.3 Å². The molecule has 2 N–H and O–H groups in total. The zero-order chi connectivity index (χ0) is 32.6. The monoisotopic (exact) mass is 663 g/mol. The third-order valence-electron chi connectivity index (χ3n) is 10.2. The van der Waals surface area contributed by atoms with Crippen molar-refractivity contribution in [1.29, 1.82) is 0 Å². The number of aromatic nitrogens is 1. The molecule has 7 rings (SSSR count). The molecule has 0 radical (unpaired) electrons. The van der Waals surface area contributed by atoms with E-state index in [2.05, 4.69) is 4.98 Å². The summed E-state index contributed by atoms with van der Waals surface area (Å²) in [6.07, 6.45) is 0.772. The van der Waals surface area contributed by atoms with Crippen molar-refractivity contribution < 1.29 is 29.2 Å². The van der Waals surface area contributed by atoms with Crippen molar-refractivity contribution in [3.8, 4) is 5.75 Å². The van der Waals surface area contributed by atoms with E-state index < -0.39 is 46.5 Å². The summed E-state index contributed by atoms with van der Waals surface area (Å²) < 4.78 is 6.37. The molecule has 1 aromatic heterocycles. The van der Waals surface area contributed by atoms with E-state index >= 15 is 0 Å². The summed E-state index contributed by atoms with van der Waals surface area (Å²) in [7, 11) is 0. The number of nitrogens with one attached hydrogen (secondary N) is 1. The minimum atomic E-state index is -1.23. The second kappa shape index (κ2) is 11.4. The van der Waals surface area contributed by atoms with Gasteiger partial charge in [0.2, 0.25) is 11.8 Å². The quantitative estimate of drug-likeness (QED) is 0.178. The number of carboxylic acid groups (broad SMARTS) is 1. The first-order valence-electron chi connectivity index (χ1n) is 15.4. The van der Waals surface area contributed by atoms with E-state index in [4.69, 9.17) is 4.74 Å². The molecule has 3 fully saturated rings. The number of carboxylic acids is 1. The number of nitro benzene ring substituents is 1. The Balaban J connectivity index is 1.32. The van der Waals surface area contributed by atoms with Crippen molar-refractivity contribution in [1.82, 2.24) is 9.88 Å². The lowest BCUT2D eigenvalue weighted by molar-refractivity contribution is -0.385. The standard InChI is InChI=1S/C33H33N3O8S2/c1-14(2)10-21(32(39)40)35-30(37)25-19-12-20(26(25)31(35)38)27-24(19)23(28-29(45-27)34-33(41)46-28)18-11-17(36(42)43)8-9-22(18)44-13-16-7-5-4-6-15(16)3/h4-9,11,14,19-21,23-27H,10,12-13H2,1-3H3,(H,34,41)(H,39,40)/t19?,20?,21?,23-,24?,25?,26?,27?/m1/s1. The number of carbonyl (C=O) groups excluding carboxylic acids is 2. The van der Waals surface area contributed by atoms with E-state index in [-0.39, 0.29) is 52.5 Å². The number of nitrogens with zero attached hydrogens (tertiary/aromatic N) is 2. The Bertz CT molecular complexity index is 1830. The number of aryl methyl sites for hydroxylation is 1. The number of hydrogen-bond donors (Lipinski definition) is 2. The second-order valence-electron chi connectivity index (χ2n) is 13.2. The SMILES string of the molecule is Cc1ccccc1COc1ccc([N+](=O)[O-])cc1[C@H]1c2sc(=O)[nH]c2SC2C3CC(C4C(=O)N(C(CC(C)C)C(=O)O)C(=O)C34)C21.